The highest BCUT2D eigenvalue weighted by molar-refractivity contribution is 5.61. The van der Waals surface area contributed by atoms with Crippen LogP contribution in [0.1, 0.15) is 26.3 Å². The van der Waals surface area contributed by atoms with Gasteiger partial charge in [0.15, 0.2) is 0 Å². The predicted octanol–water partition coefficient (Wildman–Crippen LogP) is 5.21. The summed E-state index contributed by atoms with van der Waals surface area (Å²) >= 11 is 0. The zero-order valence-electron chi connectivity index (χ0n) is 17.0. The van der Waals surface area contributed by atoms with Crippen molar-refractivity contribution in [2.45, 2.75) is 34.2 Å². The van der Waals surface area contributed by atoms with Gasteiger partial charge in [0.25, 0.3) is 0 Å². The molecule has 0 saturated heterocycles. The highest BCUT2D eigenvalue weighted by Crippen LogP contribution is 2.24. The molecule has 0 atom stereocenters. The number of hydrogen-bond acceptors (Lipinski definition) is 4. The van der Waals surface area contributed by atoms with Crippen molar-refractivity contribution < 1.29 is 13.5 Å². The average molecular weight is 401 g/mol. The van der Waals surface area contributed by atoms with Crippen molar-refractivity contribution in [1.82, 2.24) is 9.55 Å². The van der Waals surface area contributed by atoms with Gasteiger partial charge in [-0.15, -0.1) is 0 Å². The van der Waals surface area contributed by atoms with E-state index in [9.17, 15) is 13.6 Å². The van der Waals surface area contributed by atoms with Gasteiger partial charge in [-0.25, -0.2) is 4.39 Å². The molecule has 2 aromatic rings. The maximum absolute atomic E-state index is 13.8. The van der Waals surface area contributed by atoms with Crippen LogP contribution in [0.3, 0.4) is 0 Å². The molecule has 0 aliphatic heterocycles. The molecule has 1 aromatic carbocycles. The van der Waals surface area contributed by atoms with Crippen LogP contribution in [0.5, 0.6) is 5.75 Å². The first-order valence-electron chi connectivity index (χ1n) is 9.28. The van der Waals surface area contributed by atoms with Crippen LogP contribution in [0, 0.1) is 12.7 Å². The summed E-state index contributed by atoms with van der Waals surface area (Å²) in [7, 11) is 0. The van der Waals surface area contributed by atoms with Crippen molar-refractivity contribution in [3.8, 4) is 5.75 Å². The lowest BCUT2D eigenvalue weighted by Gasteiger charge is -2.15. The lowest BCUT2D eigenvalue weighted by Crippen LogP contribution is -2.19. The standard InChI is InChI=1S/C22H25F2N3O2/c1-5-15(3)18(23)9-7-8-12-27-14-19(24)21(28)26-22(27)25-20-13-17(29-6-2)11-10-16(20)4/h5,7-11,13-14H,6,12H2,1-4H3,(H,25,26,28)/b8-7+,15-5-,18-9+. The van der Waals surface area contributed by atoms with Gasteiger partial charge in [0.05, 0.1) is 6.61 Å². The third-order valence-corrected chi connectivity index (χ3v) is 4.21. The van der Waals surface area contributed by atoms with Gasteiger partial charge in [0.1, 0.15) is 11.6 Å². The smallest absolute Gasteiger partial charge is 0.310 e. The molecule has 0 radical (unpaired) electrons. The van der Waals surface area contributed by atoms with E-state index in [-0.39, 0.29) is 18.3 Å². The number of anilines is 2. The summed E-state index contributed by atoms with van der Waals surface area (Å²) in [5.41, 5.74) is 1.15. The summed E-state index contributed by atoms with van der Waals surface area (Å²) < 4.78 is 34.5. The molecule has 0 amide bonds. The van der Waals surface area contributed by atoms with Crippen molar-refractivity contribution >= 4 is 11.6 Å². The highest BCUT2D eigenvalue weighted by Gasteiger charge is 2.10. The second-order valence-corrected chi connectivity index (χ2v) is 6.32. The molecular weight excluding hydrogens is 376 g/mol. The number of nitrogens with one attached hydrogen (secondary N) is 1. The van der Waals surface area contributed by atoms with Crippen LogP contribution in [-0.2, 0) is 6.54 Å². The zero-order valence-corrected chi connectivity index (χ0v) is 17.0. The van der Waals surface area contributed by atoms with Crippen LogP contribution >= 0.6 is 0 Å². The summed E-state index contributed by atoms with van der Waals surface area (Å²) in [6.45, 7) is 7.90. The summed E-state index contributed by atoms with van der Waals surface area (Å²) in [5, 5.41) is 3.06. The molecule has 0 saturated carbocycles. The normalized spacial score (nSPS) is 12.5. The van der Waals surface area contributed by atoms with E-state index in [1.54, 1.807) is 32.1 Å². The summed E-state index contributed by atoms with van der Waals surface area (Å²) in [6, 6.07) is 5.49. The van der Waals surface area contributed by atoms with Crippen molar-refractivity contribution in [2.75, 3.05) is 11.9 Å². The van der Waals surface area contributed by atoms with Crippen molar-refractivity contribution in [1.29, 1.82) is 0 Å². The number of allylic oxidation sites excluding steroid dienone is 6. The Morgan fingerprint density at radius 1 is 1.38 bits per heavy atom. The quantitative estimate of drug-likeness (QED) is 0.617. The number of halogens is 2. The Morgan fingerprint density at radius 3 is 2.83 bits per heavy atom. The fraction of sp³-hybridized carbons (Fsp3) is 0.273. The lowest BCUT2D eigenvalue weighted by atomic mass is 10.2. The van der Waals surface area contributed by atoms with Crippen LogP contribution in [0.15, 0.2) is 64.9 Å². The molecule has 0 spiro atoms. The Morgan fingerprint density at radius 2 is 2.14 bits per heavy atom. The van der Waals surface area contributed by atoms with Crippen LogP contribution in [-0.4, -0.2) is 16.2 Å². The highest BCUT2D eigenvalue weighted by atomic mass is 19.1. The topological polar surface area (TPSA) is 56.2 Å². The number of nitrogens with zero attached hydrogens (tertiary/aromatic N) is 2. The Labute approximate surface area is 169 Å². The minimum absolute atomic E-state index is 0.173. The van der Waals surface area contributed by atoms with Crippen LogP contribution in [0.25, 0.3) is 0 Å². The summed E-state index contributed by atoms with van der Waals surface area (Å²) in [5.74, 6) is -0.478. The zero-order chi connectivity index (χ0) is 21.4. The third kappa shape index (κ3) is 6.14. The Bertz CT molecular complexity index is 1010. The van der Waals surface area contributed by atoms with E-state index in [0.29, 0.717) is 23.6 Å². The molecule has 0 unspecified atom stereocenters. The number of hydrogen-bond donors (Lipinski definition) is 1. The number of benzene rings is 1. The van der Waals surface area contributed by atoms with Crippen molar-refractivity contribution in [3.63, 3.8) is 0 Å². The van der Waals surface area contributed by atoms with Crippen LogP contribution in [0.2, 0.25) is 0 Å². The first kappa shape index (κ1) is 22.1. The molecule has 2 rings (SSSR count). The van der Waals surface area contributed by atoms with Gasteiger partial charge in [-0.2, -0.15) is 9.37 Å². The Hall–Kier alpha value is -3.22. The molecular formula is C22H25F2N3O2. The molecule has 5 nitrogen and oxygen atoms in total. The number of aryl methyl sites for hydroxylation is 1. The van der Waals surface area contributed by atoms with Crippen LogP contribution in [0.4, 0.5) is 20.4 Å². The second-order valence-electron chi connectivity index (χ2n) is 6.32. The van der Waals surface area contributed by atoms with Gasteiger partial charge in [0, 0.05) is 24.5 Å². The van der Waals surface area contributed by atoms with Gasteiger partial charge in [-0.1, -0.05) is 24.3 Å². The Kier molecular flexibility index (Phi) is 7.88. The van der Waals surface area contributed by atoms with Crippen LogP contribution < -0.4 is 15.6 Å². The van der Waals surface area contributed by atoms with E-state index in [4.69, 9.17) is 4.74 Å². The first-order chi connectivity index (χ1) is 13.8. The molecule has 1 N–H and O–H groups in total. The average Bonchev–Trinajstić information content (AvgIpc) is 2.70. The Balaban J connectivity index is 2.30. The van der Waals surface area contributed by atoms with E-state index in [0.717, 1.165) is 11.8 Å². The summed E-state index contributed by atoms with van der Waals surface area (Å²) in [4.78, 5) is 15.5. The molecule has 29 heavy (non-hydrogen) atoms. The summed E-state index contributed by atoms with van der Waals surface area (Å²) in [6.07, 6.45) is 7.23. The largest absolute Gasteiger partial charge is 0.494 e. The maximum atomic E-state index is 13.8. The minimum atomic E-state index is -0.963. The monoisotopic (exact) mass is 401 g/mol. The van der Waals surface area contributed by atoms with E-state index in [1.807, 2.05) is 26.0 Å². The molecule has 1 aromatic heterocycles. The number of ether oxygens (including phenoxy) is 1. The van der Waals surface area contributed by atoms with Crippen molar-refractivity contribution in [2.24, 2.45) is 0 Å². The van der Waals surface area contributed by atoms with Crippen molar-refractivity contribution in [3.05, 3.63) is 81.8 Å². The van der Waals surface area contributed by atoms with E-state index < -0.39 is 11.4 Å². The fourth-order valence-corrected chi connectivity index (χ4v) is 2.41. The van der Waals surface area contributed by atoms with Gasteiger partial charge >= 0.3 is 5.56 Å². The van der Waals surface area contributed by atoms with Gasteiger partial charge in [-0.05, 0) is 51.0 Å². The van der Waals surface area contributed by atoms with Gasteiger partial charge < -0.3 is 14.6 Å². The molecule has 0 aliphatic carbocycles. The minimum Gasteiger partial charge on any atom is -0.494 e. The predicted molar refractivity (Wildman–Crippen MR) is 112 cm³/mol. The molecule has 154 valence electrons. The van der Waals surface area contributed by atoms with Gasteiger partial charge in [-0.3, -0.25) is 4.79 Å². The van der Waals surface area contributed by atoms with Gasteiger partial charge in [0.2, 0.25) is 11.8 Å². The SMILES string of the molecule is C\C=C(C)/C(F)=C\C=C\Cn1cc(F)c(=O)nc1Nc1cc(OCC)ccc1C. The molecule has 0 fully saturated rings. The lowest BCUT2D eigenvalue weighted by molar-refractivity contribution is 0.340. The van der Waals surface area contributed by atoms with E-state index in [1.165, 1.54) is 16.7 Å². The van der Waals surface area contributed by atoms with E-state index in [2.05, 4.69) is 10.3 Å². The first-order valence-corrected chi connectivity index (χ1v) is 9.28. The molecule has 7 heteroatoms. The second kappa shape index (κ2) is 10.4. The number of rotatable bonds is 8. The third-order valence-electron chi connectivity index (χ3n) is 4.21. The molecule has 0 bridgehead atoms. The maximum Gasteiger partial charge on any atom is 0.310 e. The molecule has 0 aliphatic rings. The fourth-order valence-electron chi connectivity index (χ4n) is 2.41. The molecule has 1 heterocycles. The number of aromatic nitrogens is 2. The van der Waals surface area contributed by atoms with E-state index >= 15 is 0 Å².